The van der Waals surface area contributed by atoms with Crippen LogP contribution in [0.1, 0.15) is 50.7 Å². The Balaban J connectivity index is 1.88. The molecule has 6 heteroatoms. The highest BCUT2D eigenvalue weighted by Gasteiger charge is 2.54. The molecule has 0 bridgehead atoms. The van der Waals surface area contributed by atoms with Crippen molar-refractivity contribution in [2.75, 3.05) is 14.2 Å². The van der Waals surface area contributed by atoms with E-state index in [0.717, 1.165) is 48.1 Å². The second-order valence-corrected chi connectivity index (χ2v) is 9.21. The summed E-state index contributed by atoms with van der Waals surface area (Å²) >= 11 is 0. The summed E-state index contributed by atoms with van der Waals surface area (Å²) in [7, 11) is 3.25. The average molecular weight is 438 g/mol. The molecule has 1 heterocycles. The lowest BCUT2D eigenvalue weighted by molar-refractivity contribution is 0.00120. The summed E-state index contributed by atoms with van der Waals surface area (Å²) in [5, 5.41) is 0. The van der Waals surface area contributed by atoms with Crippen molar-refractivity contribution < 1.29 is 13.9 Å². The van der Waals surface area contributed by atoms with Gasteiger partial charge in [0.05, 0.1) is 18.9 Å². The third-order valence-corrected chi connectivity index (χ3v) is 7.30. The van der Waals surface area contributed by atoms with Gasteiger partial charge in [0.1, 0.15) is 5.84 Å². The Morgan fingerprint density at radius 1 is 1.06 bits per heavy atom. The first-order chi connectivity index (χ1) is 15.2. The van der Waals surface area contributed by atoms with Crippen LogP contribution < -0.4 is 10.5 Å². The van der Waals surface area contributed by atoms with Crippen LogP contribution in [-0.4, -0.2) is 31.9 Å². The molecular weight excluding hydrogens is 405 g/mol. The van der Waals surface area contributed by atoms with Gasteiger partial charge in [-0.05, 0) is 62.8 Å². The van der Waals surface area contributed by atoms with Crippen molar-refractivity contribution in [2.45, 2.75) is 58.2 Å². The van der Waals surface area contributed by atoms with Gasteiger partial charge in [-0.2, -0.15) is 0 Å². The monoisotopic (exact) mass is 437 g/mol. The van der Waals surface area contributed by atoms with Gasteiger partial charge in [0.2, 0.25) is 0 Å². The van der Waals surface area contributed by atoms with Gasteiger partial charge in [-0.25, -0.2) is 9.38 Å². The van der Waals surface area contributed by atoms with Crippen molar-refractivity contribution in [1.29, 1.82) is 0 Å². The minimum atomic E-state index is -0.838. The summed E-state index contributed by atoms with van der Waals surface area (Å²) in [6, 6.07) is 11.2. The third kappa shape index (κ3) is 3.51. The van der Waals surface area contributed by atoms with Crippen LogP contribution in [0.5, 0.6) is 5.75 Å². The first-order valence-electron chi connectivity index (χ1n) is 11.1. The fourth-order valence-corrected chi connectivity index (χ4v) is 5.16. The lowest BCUT2D eigenvalue weighted by atomic mass is 9.63. The molecule has 170 valence electrons. The minimum Gasteiger partial charge on any atom is -0.494 e. The van der Waals surface area contributed by atoms with Gasteiger partial charge < -0.3 is 15.2 Å². The molecule has 1 unspecified atom stereocenters. The molecule has 2 N–H and O–H groups in total. The Morgan fingerprint density at radius 2 is 1.78 bits per heavy atom. The largest absolute Gasteiger partial charge is 0.494 e. The molecule has 0 amide bonds. The van der Waals surface area contributed by atoms with E-state index in [2.05, 4.69) is 13.8 Å². The van der Waals surface area contributed by atoms with Crippen LogP contribution in [0.4, 0.5) is 4.39 Å². The van der Waals surface area contributed by atoms with Gasteiger partial charge >= 0.3 is 0 Å². The number of amidine groups is 1. The molecule has 2 aromatic rings. The van der Waals surface area contributed by atoms with Crippen molar-refractivity contribution in [3.8, 4) is 16.9 Å². The predicted molar refractivity (Wildman–Crippen MR) is 127 cm³/mol. The van der Waals surface area contributed by atoms with E-state index in [9.17, 15) is 0 Å². The molecule has 2 aromatic carbocycles. The fourth-order valence-electron chi connectivity index (χ4n) is 5.16. The van der Waals surface area contributed by atoms with Gasteiger partial charge in [0.15, 0.2) is 17.2 Å². The minimum absolute atomic E-state index is 0.223. The highest BCUT2D eigenvalue weighted by atomic mass is 19.1. The second kappa shape index (κ2) is 8.32. The summed E-state index contributed by atoms with van der Waals surface area (Å²) < 4.78 is 25.9. The Kier molecular flexibility index (Phi) is 5.84. The molecule has 0 aromatic heterocycles. The van der Waals surface area contributed by atoms with Gasteiger partial charge in [0, 0.05) is 23.7 Å². The normalized spacial score (nSPS) is 27.8. The standard InChI is InChI=1S/C26H32FN3O2/c1-16-9-10-18(20-7-6-8-22(32-5)23(20)27)15-21(16)26(29-17(2)24(28)30-26)25(3)13-11-19(31-4)12-14-25/h6-10,15,19H,11-14H2,1-5H3,(H2,28,30). The smallest absolute Gasteiger partial charge is 0.184 e. The van der Waals surface area contributed by atoms with E-state index < -0.39 is 5.66 Å². The highest BCUT2D eigenvalue weighted by Crippen LogP contribution is 2.55. The number of aryl methyl sites for hydroxylation is 1. The average Bonchev–Trinajstić information content (AvgIpc) is 3.10. The third-order valence-electron chi connectivity index (χ3n) is 7.30. The van der Waals surface area contributed by atoms with Crippen LogP contribution in [0, 0.1) is 18.2 Å². The maximum atomic E-state index is 15.1. The molecule has 32 heavy (non-hydrogen) atoms. The lowest BCUT2D eigenvalue weighted by Crippen LogP contribution is -2.44. The number of aliphatic imine (C=N–C) groups is 2. The van der Waals surface area contributed by atoms with E-state index >= 15 is 4.39 Å². The van der Waals surface area contributed by atoms with Crippen LogP contribution in [0.3, 0.4) is 0 Å². The molecule has 1 atom stereocenters. The number of rotatable bonds is 5. The Morgan fingerprint density at radius 3 is 2.38 bits per heavy atom. The number of hydrogen-bond acceptors (Lipinski definition) is 5. The first kappa shape index (κ1) is 22.5. The summed E-state index contributed by atoms with van der Waals surface area (Å²) in [5.74, 6) is 0.318. The number of benzene rings is 2. The Hall–Kier alpha value is -2.73. The van der Waals surface area contributed by atoms with Crippen molar-refractivity contribution in [2.24, 2.45) is 21.1 Å². The molecule has 1 fully saturated rings. The zero-order chi connectivity index (χ0) is 23.1. The number of nitrogens with two attached hydrogens (primary N) is 1. The number of ether oxygens (including phenoxy) is 2. The van der Waals surface area contributed by atoms with E-state index in [-0.39, 0.29) is 23.1 Å². The highest BCUT2D eigenvalue weighted by molar-refractivity contribution is 6.41. The molecule has 0 radical (unpaired) electrons. The summed E-state index contributed by atoms with van der Waals surface area (Å²) in [6.45, 7) is 6.21. The summed E-state index contributed by atoms with van der Waals surface area (Å²) in [4.78, 5) is 10.1. The van der Waals surface area contributed by atoms with Crippen LogP contribution in [0.2, 0.25) is 0 Å². The quantitative estimate of drug-likeness (QED) is 0.682. The Labute approximate surface area is 189 Å². The van der Waals surface area contributed by atoms with Crippen molar-refractivity contribution in [3.63, 3.8) is 0 Å². The number of hydrogen-bond donors (Lipinski definition) is 1. The number of methoxy groups -OCH3 is 2. The van der Waals surface area contributed by atoms with E-state index in [0.29, 0.717) is 11.4 Å². The predicted octanol–water partition coefficient (Wildman–Crippen LogP) is 5.39. The molecule has 1 aliphatic carbocycles. The van der Waals surface area contributed by atoms with E-state index in [1.54, 1.807) is 25.3 Å². The summed E-state index contributed by atoms with van der Waals surface area (Å²) in [6.07, 6.45) is 3.97. The zero-order valence-corrected chi connectivity index (χ0v) is 19.5. The lowest BCUT2D eigenvalue weighted by Gasteiger charge is -2.47. The second-order valence-electron chi connectivity index (χ2n) is 9.21. The van der Waals surface area contributed by atoms with Crippen LogP contribution in [0.25, 0.3) is 11.1 Å². The molecule has 2 aliphatic rings. The SMILES string of the molecule is COc1cccc(-c2ccc(C)c(C3(C4(C)CCC(OC)CC4)N=C(C)C(N)=N3)c2)c1F. The van der Waals surface area contributed by atoms with Crippen molar-refractivity contribution in [1.82, 2.24) is 0 Å². The Bertz CT molecular complexity index is 1070. The van der Waals surface area contributed by atoms with Gasteiger partial charge in [-0.3, -0.25) is 4.99 Å². The zero-order valence-electron chi connectivity index (χ0n) is 19.5. The number of halogens is 1. The van der Waals surface area contributed by atoms with Crippen molar-refractivity contribution in [3.05, 3.63) is 53.3 Å². The van der Waals surface area contributed by atoms with Crippen LogP contribution >= 0.6 is 0 Å². The van der Waals surface area contributed by atoms with E-state index in [4.69, 9.17) is 25.2 Å². The van der Waals surface area contributed by atoms with Crippen LogP contribution in [-0.2, 0) is 10.4 Å². The molecule has 1 aliphatic heterocycles. The van der Waals surface area contributed by atoms with Crippen LogP contribution in [0.15, 0.2) is 46.4 Å². The molecular formula is C26H32FN3O2. The molecule has 5 nitrogen and oxygen atoms in total. The topological polar surface area (TPSA) is 69.2 Å². The van der Waals surface area contributed by atoms with Gasteiger partial charge in [0.25, 0.3) is 0 Å². The number of nitrogens with zero attached hydrogens (tertiary/aromatic N) is 2. The molecule has 0 saturated heterocycles. The van der Waals surface area contributed by atoms with Gasteiger partial charge in [-0.1, -0.05) is 31.2 Å². The van der Waals surface area contributed by atoms with E-state index in [1.807, 2.05) is 25.1 Å². The first-order valence-corrected chi connectivity index (χ1v) is 11.1. The fraction of sp³-hybridized carbons (Fsp3) is 0.462. The van der Waals surface area contributed by atoms with Crippen molar-refractivity contribution >= 4 is 11.5 Å². The van der Waals surface area contributed by atoms with Gasteiger partial charge in [-0.15, -0.1) is 0 Å². The molecule has 0 spiro atoms. The maximum Gasteiger partial charge on any atom is 0.184 e. The molecule has 4 rings (SSSR count). The van der Waals surface area contributed by atoms with E-state index in [1.165, 1.54) is 7.11 Å². The summed E-state index contributed by atoms with van der Waals surface area (Å²) in [5.41, 5.74) is 9.25. The molecule has 1 saturated carbocycles. The maximum absolute atomic E-state index is 15.1.